The molecule has 0 amide bonds. The normalized spacial score (nSPS) is 11.2. The van der Waals surface area contributed by atoms with Crippen molar-refractivity contribution in [1.29, 1.82) is 0 Å². The van der Waals surface area contributed by atoms with Gasteiger partial charge in [0, 0.05) is 28.8 Å². The van der Waals surface area contributed by atoms with Gasteiger partial charge in [0.25, 0.3) is 0 Å². The highest BCUT2D eigenvalue weighted by atomic mass is 79.9. The van der Waals surface area contributed by atoms with Crippen LogP contribution < -0.4 is 5.32 Å². The van der Waals surface area contributed by atoms with Crippen LogP contribution in [0.4, 0.5) is 4.39 Å². The molecule has 3 nitrogen and oxygen atoms in total. The van der Waals surface area contributed by atoms with Crippen LogP contribution in [-0.2, 0) is 13.1 Å². The van der Waals surface area contributed by atoms with Gasteiger partial charge >= 0.3 is 0 Å². The van der Waals surface area contributed by atoms with E-state index >= 15 is 0 Å². The fraction of sp³-hybridized carbons (Fsp3) is 0.357. The molecule has 0 unspecified atom stereocenters. The molecule has 2 aromatic rings. The molecule has 0 atom stereocenters. The minimum Gasteiger partial charge on any atom is -0.309 e. The number of rotatable bonds is 5. The van der Waals surface area contributed by atoms with Crippen LogP contribution in [0.1, 0.15) is 25.1 Å². The van der Waals surface area contributed by atoms with Gasteiger partial charge < -0.3 is 5.32 Å². The van der Waals surface area contributed by atoms with E-state index in [9.17, 15) is 4.39 Å². The van der Waals surface area contributed by atoms with E-state index in [0.29, 0.717) is 18.2 Å². The summed E-state index contributed by atoms with van der Waals surface area (Å²) >= 11 is 3.25. The van der Waals surface area contributed by atoms with Gasteiger partial charge in [0.1, 0.15) is 5.82 Å². The lowest BCUT2D eigenvalue weighted by Gasteiger charge is -2.06. The molecule has 0 bridgehead atoms. The second-order valence-electron chi connectivity index (χ2n) is 4.78. The standard InChI is InChI=1S/C14H17BrFN3/c1-10(2)17-8-13-5-6-19(18-13)9-11-3-4-12(15)7-14(11)16/h3-7,10,17H,8-9H2,1-2H3. The summed E-state index contributed by atoms with van der Waals surface area (Å²) in [5.41, 5.74) is 1.60. The predicted molar refractivity (Wildman–Crippen MR) is 77.4 cm³/mol. The van der Waals surface area contributed by atoms with E-state index in [1.807, 2.05) is 18.3 Å². The zero-order chi connectivity index (χ0) is 13.8. The van der Waals surface area contributed by atoms with Crippen LogP contribution in [0.15, 0.2) is 34.9 Å². The molecule has 0 aliphatic heterocycles. The van der Waals surface area contributed by atoms with Gasteiger partial charge in [-0.2, -0.15) is 5.10 Å². The average molecular weight is 326 g/mol. The summed E-state index contributed by atoms with van der Waals surface area (Å²) < 4.78 is 16.2. The molecule has 1 N–H and O–H groups in total. The third-order valence-electron chi connectivity index (χ3n) is 2.73. The summed E-state index contributed by atoms with van der Waals surface area (Å²) in [5, 5.41) is 7.72. The van der Waals surface area contributed by atoms with Gasteiger partial charge in [-0.1, -0.05) is 35.8 Å². The van der Waals surface area contributed by atoms with Crippen molar-refractivity contribution in [3.63, 3.8) is 0 Å². The summed E-state index contributed by atoms with van der Waals surface area (Å²) in [6, 6.07) is 7.46. The highest BCUT2D eigenvalue weighted by Crippen LogP contribution is 2.16. The third-order valence-corrected chi connectivity index (χ3v) is 3.23. The van der Waals surface area contributed by atoms with E-state index < -0.39 is 0 Å². The van der Waals surface area contributed by atoms with Gasteiger partial charge in [-0.3, -0.25) is 4.68 Å². The van der Waals surface area contributed by atoms with Crippen LogP contribution in [0.3, 0.4) is 0 Å². The molecule has 0 saturated heterocycles. The molecule has 0 aliphatic rings. The van der Waals surface area contributed by atoms with Crippen molar-refractivity contribution in [2.24, 2.45) is 0 Å². The topological polar surface area (TPSA) is 29.9 Å². The predicted octanol–water partition coefficient (Wildman–Crippen LogP) is 3.33. The Kier molecular flexibility index (Phi) is 4.71. The molecule has 1 heterocycles. The van der Waals surface area contributed by atoms with Crippen molar-refractivity contribution >= 4 is 15.9 Å². The van der Waals surface area contributed by atoms with Gasteiger partial charge in [0.15, 0.2) is 0 Å². The maximum Gasteiger partial charge on any atom is 0.129 e. The quantitative estimate of drug-likeness (QED) is 0.913. The molecule has 1 aromatic heterocycles. The molecule has 0 fully saturated rings. The van der Waals surface area contributed by atoms with Crippen molar-refractivity contribution in [2.75, 3.05) is 0 Å². The van der Waals surface area contributed by atoms with Crippen molar-refractivity contribution in [3.8, 4) is 0 Å². The molecule has 1 aromatic carbocycles. The molecule has 5 heteroatoms. The van der Waals surface area contributed by atoms with Gasteiger partial charge in [0.2, 0.25) is 0 Å². The van der Waals surface area contributed by atoms with Crippen molar-refractivity contribution in [1.82, 2.24) is 15.1 Å². The summed E-state index contributed by atoms with van der Waals surface area (Å²) in [5.74, 6) is -0.216. The molecular formula is C14H17BrFN3. The lowest BCUT2D eigenvalue weighted by molar-refractivity contribution is 0.560. The van der Waals surface area contributed by atoms with E-state index in [1.165, 1.54) is 6.07 Å². The maximum atomic E-state index is 13.7. The molecular weight excluding hydrogens is 309 g/mol. The smallest absolute Gasteiger partial charge is 0.129 e. The number of hydrogen-bond acceptors (Lipinski definition) is 2. The summed E-state index contributed by atoms with van der Waals surface area (Å²) in [7, 11) is 0. The van der Waals surface area contributed by atoms with Crippen molar-refractivity contribution in [2.45, 2.75) is 33.0 Å². The number of hydrogen-bond donors (Lipinski definition) is 1. The summed E-state index contributed by atoms with van der Waals surface area (Å²) in [6.45, 7) is 5.36. The van der Waals surface area contributed by atoms with Gasteiger partial charge in [-0.15, -0.1) is 0 Å². The Balaban J connectivity index is 2.03. The Labute approximate surface area is 121 Å². The third kappa shape index (κ3) is 4.14. The van der Waals surface area contributed by atoms with Gasteiger partial charge in [-0.05, 0) is 18.2 Å². The minimum atomic E-state index is -0.216. The first-order chi connectivity index (χ1) is 9.04. The van der Waals surface area contributed by atoms with Crippen LogP contribution in [0, 0.1) is 5.82 Å². The molecule has 2 rings (SSSR count). The molecule has 0 aliphatic carbocycles. The van der Waals surface area contributed by atoms with E-state index in [2.05, 4.69) is 40.2 Å². The Morgan fingerprint density at radius 1 is 1.37 bits per heavy atom. The largest absolute Gasteiger partial charge is 0.309 e. The lowest BCUT2D eigenvalue weighted by atomic mass is 10.2. The fourth-order valence-corrected chi connectivity index (χ4v) is 2.05. The van der Waals surface area contributed by atoms with Gasteiger partial charge in [0.05, 0.1) is 12.2 Å². The first kappa shape index (κ1) is 14.2. The number of benzene rings is 1. The lowest BCUT2D eigenvalue weighted by Crippen LogP contribution is -2.22. The highest BCUT2D eigenvalue weighted by Gasteiger charge is 2.05. The Bertz CT molecular complexity index is 551. The molecule has 0 saturated carbocycles. The highest BCUT2D eigenvalue weighted by molar-refractivity contribution is 9.10. The number of nitrogens with zero attached hydrogens (tertiary/aromatic N) is 2. The second kappa shape index (κ2) is 6.30. The Morgan fingerprint density at radius 3 is 2.84 bits per heavy atom. The fourth-order valence-electron chi connectivity index (χ4n) is 1.72. The van der Waals surface area contributed by atoms with Crippen LogP contribution >= 0.6 is 15.9 Å². The zero-order valence-electron chi connectivity index (χ0n) is 11.0. The van der Waals surface area contributed by atoms with E-state index in [4.69, 9.17) is 0 Å². The monoisotopic (exact) mass is 325 g/mol. The van der Waals surface area contributed by atoms with Crippen molar-refractivity contribution in [3.05, 3.63) is 52.0 Å². The maximum absolute atomic E-state index is 13.7. The number of halogens is 2. The summed E-state index contributed by atoms with van der Waals surface area (Å²) in [4.78, 5) is 0. The Hall–Kier alpha value is -1.20. The first-order valence-electron chi connectivity index (χ1n) is 6.24. The van der Waals surface area contributed by atoms with Crippen LogP contribution in [-0.4, -0.2) is 15.8 Å². The van der Waals surface area contributed by atoms with E-state index in [1.54, 1.807) is 10.7 Å². The zero-order valence-corrected chi connectivity index (χ0v) is 12.6. The molecule has 102 valence electrons. The van der Waals surface area contributed by atoms with E-state index in [-0.39, 0.29) is 5.82 Å². The second-order valence-corrected chi connectivity index (χ2v) is 5.69. The van der Waals surface area contributed by atoms with E-state index in [0.717, 1.165) is 16.7 Å². The van der Waals surface area contributed by atoms with Crippen LogP contribution in [0.2, 0.25) is 0 Å². The first-order valence-corrected chi connectivity index (χ1v) is 7.03. The number of aromatic nitrogens is 2. The summed E-state index contributed by atoms with van der Waals surface area (Å²) in [6.07, 6.45) is 1.87. The number of nitrogens with one attached hydrogen (secondary N) is 1. The SMILES string of the molecule is CC(C)NCc1ccn(Cc2ccc(Br)cc2F)n1. The molecule has 0 radical (unpaired) electrons. The van der Waals surface area contributed by atoms with Crippen LogP contribution in [0.25, 0.3) is 0 Å². The molecule has 19 heavy (non-hydrogen) atoms. The van der Waals surface area contributed by atoms with Gasteiger partial charge in [-0.25, -0.2) is 4.39 Å². The minimum absolute atomic E-state index is 0.216. The average Bonchev–Trinajstić information content (AvgIpc) is 2.78. The molecule has 0 spiro atoms. The van der Waals surface area contributed by atoms with Crippen molar-refractivity contribution < 1.29 is 4.39 Å². The Morgan fingerprint density at radius 2 is 2.16 bits per heavy atom. The van der Waals surface area contributed by atoms with Crippen LogP contribution in [0.5, 0.6) is 0 Å².